The maximum Gasteiger partial charge on any atom is 0.220 e. The first-order valence-electron chi connectivity index (χ1n) is 7.15. The van der Waals surface area contributed by atoms with Gasteiger partial charge in [0.05, 0.1) is 12.1 Å². The molecule has 0 aromatic heterocycles. The van der Waals surface area contributed by atoms with E-state index in [2.05, 4.69) is 50.4 Å². The minimum atomic E-state index is -0.548. The van der Waals surface area contributed by atoms with Gasteiger partial charge in [0.2, 0.25) is 5.91 Å². The molecule has 0 saturated carbocycles. The van der Waals surface area contributed by atoms with Crippen molar-refractivity contribution in [2.24, 2.45) is 0 Å². The van der Waals surface area contributed by atoms with Crippen LogP contribution < -0.4 is 5.32 Å². The Kier molecular flexibility index (Phi) is 5.35. The second kappa shape index (κ2) is 6.40. The third-order valence-electron chi connectivity index (χ3n) is 3.33. The van der Waals surface area contributed by atoms with Crippen molar-refractivity contribution in [1.29, 1.82) is 0 Å². The molecule has 1 aromatic rings. The second-order valence-corrected chi connectivity index (χ2v) is 7.04. The van der Waals surface area contributed by atoms with Crippen molar-refractivity contribution < 1.29 is 9.90 Å². The van der Waals surface area contributed by atoms with E-state index in [1.807, 2.05) is 13.8 Å². The third kappa shape index (κ3) is 5.33. The van der Waals surface area contributed by atoms with E-state index in [-0.39, 0.29) is 17.9 Å². The summed E-state index contributed by atoms with van der Waals surface area (Å²) in [6, 6.07) is 8.44. The molecule has 0 saturated heterocycles. The lowest BCUT2D eigenvalue weighted by atomic mass is 9.86. The van der Waals surface area contributed by atoms with Gasteiger partial charge < -0.3 is 10.4 Å². The zero-order chi connectivity index (χ0) is 15.4. The summed E-state index contributed by atoms with van der Waals surface area (Å²) in [6.07, 6.45) is 1.16. The Bertz CT molecular complexity index is 441. The molecule has 0 aliphatic heterocycles. The maximum atomic E-state index is 11.8. The highest BCUT2D eigenvalue weighted by atomic mass is 16.3. The van der Waals surface area contributed by atoms with Crippen LogP contribution >= 0.6 is 0 Å². The summed E-state index contributed by atoms with van der Waals surface area (Å²) in [7, 11) is 0. The SMILES string of the molecule is CC(C)(CO)NC(=O)CCc1ccc(C(C)(C)C)cc1. The van der Waals surface area contributed by atoms with Crippen LogP contribution in [0.3, 0.4) is 0 Å². The Hall–Kier alpha value is -1.35. The third-order valence-corrected chi connectivity index (χ3v) is 3.33. The van der Waals surface area contributed by atoms with Crippen LogP contribution in [0, 0.1) is 0 Å². The highest BCUT2D eigenvalue weighted by Gasteiger charge is 2.18. The Balaban J connectivity index is 2.52. The highest BCUT2D eigenvalue weighted by Crippen LogP contribution is 2.22. The summed E-state index contributed by atoms with van der Waals surface area (Å²) >= 11 is 0. The average molecular weight is 277 g/mol. The summed E-state index contributed by atoms with van der Waals surface area (Å²) in [5.41, 5.74) is 2.07. The van der Waals surface area contributed by atoms with Gasteiger partial charge in [0.25, 0.3) is 0 Å². The van der Waals surface area contributed by atoms with Crippen LogP contribution in [-0.4, -0.2) is 23.2 Å². The van der Waals surface area contributed by atoms with Gasteiger partial charge in [-0.25, -0.2) is 0 Å². The molecule has 0 heterocycles. The molecule has 1 rings (SSSR count). The normalized spacial score (nSPS) is 12.3. The van der Waals surface area contributed by atoms with Crippen LogP contribution in [0.4, 0.5) is 0 Å². The van der Waals surface area contributed by atoms with E-state index < -0.39 is 5.54 Å². The standard InChI is InChI=1S/C17H27NO2/c1-16(2,3)14-9-6-13(7-10-14)8-11-15(20)18-17(4,5)12-19/h6-7,9-10,19H,8,11-12H2,1-5H3,(H,18,20). The number of rotatable bonds is 5. The number of aliphatic hydroxyl groups excluding tert-OH is 1. The molecule has 20 heavy (non-hydrogen) atoms. The fraction of sp³-hybridized carbons (Fsp3) is 0.588. The Morgan fingerprint density at radius 3 is 2.10 bits per heavy atom. The molecule has 0 aliphatic carbocycles. The van der Waals surface area contributed by atoms with E-state index in [1.54, 1.807) is 0 Å². The van der Waals surface area contributed by atoms with Gasteiger partial charge in [-0.2, -0.15) is 0 Å². The van der Waals surface area contributed by atoms with E-state index in [0.717, 1.165) is 12.0 Å². The lowest BCUT2D eigenvalue weighted by Crippen LogP contribution is -2.46. The van der Waals surface area contributed by atoms with E-state index >= 15 is 0 Å². The van der Waals surface area contributed by atoms with Crippen molar-refractivity contribution in [3.05, 3.63) is 35.4 Å². The predicted molar refractivity (Wildman–Crippen MR) is 82.8 cm³/mol. The van der Waals surface area contributed by atoms with E-state index in [1.165, 1.54) is 5.56 Å². The number of aryl methyl sites for hydroxylation is 1. The van der Waals surface area contributed by atoms with E-state index in [4.69, 9.17) is 5.11 Å². The first-order valence-corrected chi connectivity index (χ1v) is 7.15. The molecule has 1 aromatic carbocycles. The number of hydrogen-bond acceptors (Lipinski definition) is 2. The molecule has 112 valence electrons. The van der Waals surface area contributed by atoms with Gasteiger partial charge in [0.1, 0.15) is 0 Å². The topological polar surface area (TPSA) is 49.3 Å². The minimum absolute atomic E-state index is 0.0241. The molecule has 1 amide bonds. The van der Waals surface area contributed by atoms with Crippen molar-refractivity contribution in [1.82, 2.24) is 5.32 Å². The van der Waals surface area contributed by atoms with Gasteiger partial charge in [-0.05, 0) is 36.8 Å². The smallest absolute Gasteiger partial charge is 0.220 e. The van der Waals surface area contributed by atoms with E-state index in [0.29, 0.717) is 6.42 Å². The van der Waals surface area contributed by atoms with Crippen LogP contribution in [0.2, 0.25) is 0 Å². The number of carbonyl (C=O) groups excluding carboxylic acids is 1. The summed E-state index contributed by atoms with van der Waals surface area (Å²) < 4.78 is 0. The molecule has 0 spiro atoms. The Morgan fingerprint density at radius 2 is 1.65 bits per heavy atom. The molecule has 0 bridgehead atoms. The number of hydrogen-bond donors (Lipinski definition) is 2. The molecule has 0 radical (unpaired) electrons. The molecular weight excluding hydrogens is 250 g/mol. The first-order chi connectivity index (χ1) is 9.14. The van der Waals surface area contributed by atoms with Gasteiger partial charge in [0, 0.05) is 6.42 Å². The summed E-state index contributed by atoms with van der Waals surface area (Å²) in [5.74, 6) is -0.0241. The number of amides is 1. The van der Waals surface area contributed by atoms with Gasteiger partial charge >= 0.3 is 0 Å². The Labute approximate surface area is 122 Å². The van der Waals surface area contributed by atoms with Crippen molar-refractivity contribution in [2.75, 3.05) is 6.61 Å². The minimum Gasteiger partial charge on any atom is -0.394 e. The van der Waals surface area contributed by atoms with Crippen molar-refractivity contribution in [3.8, 4) is 0 Å². The van der Waals surface area contributed by atoms with Crippen LogP contribution in [0.25, 0.3) is 0 Å². The number of carbonyl (C=O) groups is 1. The maximum absolute atomic E-state index is 11.8. The summed E-state index contributed by atoms with van der Waals surface area (Å²) in [5, 5.41) is 11.9. The highest BCUT2D eigenvalue weighted by molar-refractivity contribution is 5.77. The van der Waals surface area contributed by atoms with Crippen molar-refractivity contribution in [2.45, 2.75) is 58.4 Å². The summed E-state index contributed by atoms with van der Waals surface area (Å²) in [4.78, 5) is 11.8. The van der Waals surface area contributed by atoms with Crippen LogP contribution in [0.1, 0.15) is 52.2 Å². The molecular formula is C17H27NO2. The van der Waals surface area contributed by atoms with Gasteiger partial charge in [-0.1, -0.05) is 45.0 Å². The predicted octanol–water partition coefficient (Wildman–Crippen LogP) is 2.80. The summed E-state index contributed by atoms with van der Waals surface area (Å²) in [6.45, 7) is 10.1. The zero-order valence-corrected chi connectivity index (χ0v) is 13.3. The largest absolute Gasteiger partial charge is 0.394 e. The molecule has 3 heteroatoms. The lowest BCUT2D eigenvalue weighted by molar-refractivity contribution is -0.123. The molecule has 0 atom stereocenters. The molecule has 3 nitrogen and oxygen atoms in total. The Morgan fingerprint density at radius 1 is 1.10 bits per heavy atom. The molecule has 0 aliphatic rings. The fourth-order valence-electron chi connectivity index (χ4n) is 1.91. The average Bonchev–Trinajstić information content (AvgIpc) is 2.35. The van der Waals surface area contributed by atoms with Crippen LogP contribution in [0.5, 0.6) is 0 Å². The van der Waals surface area contributed by atoms with Crippen molar-refractivity contribution >= 4 is 5.91 Å². The second-order valence-electron chi connectivity index (χ2n) is 7.04. The monoisotopic (exact) mass is 277 g/mol. The van der Waals surface area contributed by atoms with Crippen LogP contribution in [0.15, 0.2) is 24.3 Å². The molecule has 2 N–H and O–H groups in total. The first kappa shape index (κ1) is 16.7. The molecule has 0 fully saturated rings. The van der Waals surface area contributed by atoms with Crippen molar-refractivity contribution in [3.63, 3.8) is 0 Å². The number of aliphatic hydroxyl groups is 1. The number of benzene rings is 1. The van der Waals surface area contributed by atoms with Gasteiger partial charge in [0.15, 0.2) is 0 Å². The van der Waals surface area contributed by atoms with Gasteiger partial charge in [-0.3, -0.25) is 4.79 Å². The zero-order valence-electron chi connectivity index (χ0n) is 13.3. The molecule has 0 unspecified atom stereocenters. The van der Waals surface area contributed by atoms with Gasteiger partial charge in [-0.15, -0.1) is 0 Å². The quantitative estimate of drug-likeness (QED) is 0.869. The van der Waals surface area contributed by atoms with E-state index in [9.17, 15) is 4.79 Å². The number of nitrogens with one attached hydrogen (secondary N) is 1. The lowest BCUT2D eigenvalue weighted by Gasteiger charge is -2.23. The fourth-order valence-corrected chi connectivity index (χ4v) is 1.91. The van der Waals surface area contributed by atoms with Crippen LogP contribution in [-0.2, 0) is 16.6 Å².